The minimum atomic E-state index is -3.92. The van der Waals surface area contributed by atoms with Gasteiger partial charge in [0, 0.05) is 11.0 Å². The van der Waals surface area contributed by atoms with E-state index in [9.17, 15) is 23.8 Å². The molecule has 120 valence electrons. The lowest BCUT2D eigenvalue weighted by molar-refractivity contribution is -0.273. The summed E-state index contributed by atoms with van der Waals surface area (Å²) in [4.78, 5) is 13.1. The third-order valence-electron chi connectivity index (χ3n) is 3.13. The number of nitrogens with two attached hydrogens (primary N) is 1. The van der Waals surface area contributed by atoms with Crippen molar-refractivity contribution >= 4 is 5.97 Å². The topological polar surface area (TPSA) is 182 Å². The van der Waals surface area contributed by atoms with Crippen LogP contribution in [-0.2, 0) is 9.53 Å². The second-order valence-corrected chi connectivity index (χ2v) is 4.45. The molecule has 0 spiro atoms. The highest BCUT2D eigenvalue weighted by Crippen LogP contribution is 2.36. The molecule has 0 aromatic rings. The number of carboxylic acids is 1. The summed E-state index contributed by atoms with van der Waals surface area (Å²) in [5, 5.41) is 39.3. The largest absolute Gasteiger partial charge is 0.477 e. The van der Waals surface area contributed by atoms with E-state index in [1.54, 1.807) is 0 Å². The van der Waals surface area contributed by atoms with E-state index in [1.807, 2.05) is 0 Å². The second-order valence-electron chi connectivity index (χ2n) is 4.45. The predicted molar refractivity (Wildman–Crippen MR) is 61.3 cm³/mol. The van der Waals surface area contributed by atoms with Crippen molar-refractivity contribution in [1.82, 2.24) is 0 Å². The number of ether oxygens (including phenoxy) is 1. The van der Waals surface area contributed by atoms with Gasteiger partial charge in [-0.1, -0.05) is 5.11 Å². The van der Waals surface area contributed by atoms with E-state index in [4.69, 9.17) is 21.5 Å². The molecule has 0 bridgehead atoms. The highest BCUT2D eigenvalue weighted by atomic mass is 19.2. The number of halogens is 2. The van der Waals surface area contributed by atoms with Crippen LogP contribution in [-0.4, -0.2) is 75.4 Å². The van der Waals surface area contributed by atoms with Gasteiger partial charge in [-0.15, -0.1) is 0 Å². The van der Waals surface area contributed by atoms with Gasteiger partial charge in [0.05, 0.1) is 12.6 Å². The standard InChI is InChI=1S/C9H14F2N4O6/c10-7-4(14-15-13)3(12)6(5(18)2(17)1-16)21-9(7,11)8(19)20/h2-7,16-18H,1,12H2,(H,19,20)/t2-,3?,4?,5-,6?,7?,9?/m1/s1. The van der Waals surface area contributed by atoms with Crippen LogP contribution in [0.1, 0.15) is 0 Å². The van der Waals surface area contributed by atoms with Crippen molar-refractivity contribution in [2.24, 2.45) is 10.8 Å². The van der Waals surface area contributed by atoms with Gasteiger partial charge in [0.25, 0.3) is 0 Å². The molecule has 0 aliphatic carbocycles. The van der Waals surface area contributed by atoms with Crippen LogP contribution in [0.2, 0.25) is 0 Å². The van der Waals surface area contributed by atoms with Gasteiger partial charge in [0.15, 0.2) is 6.17 Å². The lowest BCUT2D eigenvalue weighted by atomic mass is 9.87. The molecule has 1 heterocycles. The summed E-state index contributed by atoms with van der Waals surface area (Å²) in [7, 11) is 0. The first-order valence-electron chi connectivity index (χ1n) is 5.71. The van der Waals surface area contributed by atoms with Gasteiger partial charge in [0.2, 0.25) is 0 Å². The Kier molecular flexibility index (Phi) is 5.39. The van der Waals surface area contributed by atoms with E-state index < -0.39 is 55.0 Å². The summed E-state index contributed by atoms with van der Waals surface area (Å²) in [6.45, 7) is -0.967. The van der Waals surface area contributed by atoms with E-state index in [0.717, 1.165) is 0 Å². The molecule has 1 aliphatic rings. The van der Waals surface area contributed by atoms with Crippen molar-refractivity contribution in [1.29, 1.82) is 0 Å². The van der Waals surface area contributed by atoms with E-state index in [-0.39, 0.29) is 0 Å². The molecule has 0 aromatic heterocycles. The quantitative estimate of drug-likeness (QED) is 0.225. The van der Waals surface area contributed by atoms with Gasteiger partial charge < -0.3 is 30.9 Å². The number of alkyl halides is 2. The van der Waals surface area contributed by atoms with Crippen LogP contribution >= 0.6 is 0 Å². The monoisotopic (exact) mass is 312 g/mol. The summed E-state index contributed by atoms with van der Waals surface area (Å²) in [5.74, 6) is -6.27. The van der Waals surface area contributed by atoms with Crippen LogP contribution in [0.5, 0.6) is 0 Å². The molecule has 0 saturated carbocycles. The Balaban J connectivity index is 3.21. The van der Waals surface area contributed by atoms with Crippen molar-refractivity contribution in [2.45, 2.75) is 42.4 Å². The third-order valence-corrected chi connectivity index (χ3v) is 3.13. The molecule has 1 fully saturated rings. The summed E-state index contributed by atoms with van der Waals surface area (Å²) in [6.07, 6.45) is -8.71. The minimum Gasteiger partial charge on any atom is -0.477 e. The molecule has 1 rings (SSSR count). The Morgan fingerprint density at radius 3 is 2.57 bits per heavy atom. The molecule has 7 atom stereocenters. The van der Waals surface area contributed by atoms with Crippen molar-refractivity contribution in [3.8, 4) is 0 Å². The predicted octanol–water partition coefficient (Wildman–Crippen LogP) is -1.81. The third kappa shape index (κ3) is 3.05. The average Bonchev–Trinajstić information content (AvgIpc) is 2.45. The van der Waals surface area contributed by atoms with Gasteiger partial charge in [-0.3, -0.25) is 0 Å². The molecule has 6 N–H and O–H groups in total. The first-order chi connectivity index (χ1) is 9.70. The van der Waals surface area contributed by atoms with Crippen LogP contribution in [0, 0.1) is 0 Å². The molecule has 0 amide bonds. The van der Waals surface area contributed by atoms with Crippen LogP contribution in [0.15, 0.2) is 5.11 Å². The summed E-state index contributed by atoms with van der Waals surface area (Å²) >= 11 is 0. The zero-order valence-corrected chi connectivity index (χ0v) is 10.5. The number of azide groups is 1. The molecule has 21 heavy (non-hydrogen) atoms. The van der Waals surface area contributed by atoms with Gasteiger partial charge in [0.1, 0.15) is 18.3 Å². The Bertz CT molecular complexity index is 450. The van der Waals surface area contributed by atoms with E-state index in [1.165, 1.54) is 0 Å². The van der Waals surface area contributed by atoms with E-state index in [2.05, 4.69) is 14.8 Å². The number of aliphatic hydroxyl groups is 3. The first-order valence-corrected chi connectivity index (χ1v) is 5.71. The molecule has 0 radical (unpaired) electrons. The second kappa shape index (κ2) is 6.47. The molecule has 5 unspecified atom stereocenters. The van der Waals surface area contributed by atoms with Gasteiger partial charge in [-0.25, -0.2) is 9.18 Å². The van der Waals surface area contributed by atoms with Crippen LogP contribution in [0.25, 0.3) is 10.4 Å². The lowest BCUT2D eigenvalue weighted by Gasteiger charge is -2.44. The summed E-state index contributed by atoms with van der Waals surface area (Å²) in [5.41, 5.74) is 13.8. The Labute approximate surface area is 116 Å². The highest BCUT2D eigenvalue weighted by molar-refractivity contribution is 5.76. The molecule has 10 nitrogen and oxygen atoms in total. The number of nitrogens with zero attached hydrogens (tertiary/aromatic N) is 3. The van der Waals surface area contributed by atoms with E-state index >= 15 is 0 Å². The highest BCUT2D eigenvalue weighted by Gasteiger charge is 2.61. The molecule has 1 saturated heterocycles. The van der Waals surface area contributed by atoms with E-state index in [0.29, 0.717) is 0 Å². The normalized spacial score (nSPS) is 39.1. The van der Waals surface area contributed by atoms with Crippen molar-refractivity contribution in [3.63, 3.8) is 0 Å². The minimum absolute atomic E-state index is 0.967. The van der Waals surface area contributed by atoms with Crippen molar-refractivity contribution < 1.29 is 38.7 Å². The smallest absolute Gasteiger partial charge is 0.372 e. The maximum atomic E-state index is 14.1. The maximum Gasteiger partial charge on any atom is 0.372 e. The summed E-state index contributed by atoms with van der Waals surface area (Å²) < 4.78 is 32.4. The Morgan fingerprint density at radius 2 is 2.14 bits per heavy atom. The van der Waals surface area contributed by atoms with Crippen LogP contribution in [0.4, 0.5) is 8.78 Å². The number of rotatable bonds is 5. The molecular weight excluding hydrogens is 298 g/mol. The molecule has 12 heteroatoms. The molecular formula is C9H14F2N4O6. The SMILES string of the molecule is [N-]=[N+]=NC1C(N)C([C@H](O)[C@H](O)CO)OC(F)(C(=O)O)C1F. The average molecular weight is 312 g/mol. The summed E-state index contributed by atoms with van der Waals surface area (Å²) in [6, 6.07) is -3.63. The Morgan fingerprint density at radius 1 is 1.57 bits per heavy atom. The number of aliphatic hydroxyl groups excluding tert-OH is 3. The fourth-order valence-electron chi connectivity index (χ4n) is 1.94. The maximum absolute atomic E-state index is 14.1. The van der Waals surface area contributed by atoms with Crippen LogP contribution in [0.3, 0.4) is 0 Å². The number of hydrogen-bond donors (Lipinski definition) is 5. The number of carbonyl (C=O) groups is 1. The fourth-order valence-corrected chi connectivity index (χ4v) is 1.94. The molecule has 1 aliphatic heterocycles. The number of carboxylic acid groups (broad SMARTS) is 1. The van der Waals surface area contributed by atoms with Crippen LogP contribution < -0.4 is 5.73 Å². The lowest BCUT2D eigenvalue weighted by Crippen LogP contribution is -2.69. The number of aliphatic carboxylic acids is 1. The fraction of sp³-hybridized carbons (Fsp3) is 0.889. The van der Waals surface area contributed by atoms with Gasteiger partial charge >= 0.3 is 11.8 Å². The van der Waals surface area contributed by atoms with Crippen molar-refractivity contribution in [2.75, 3.05) is 6.61 Å². The van der Waals surface area contributed by atoms with Gasteiger partial charge in [-0.05, 0) is 5.53 Å². The van der Waals surface area contributed by atoms with Crippen molar-refractivity contribution in [3.05, 3.63) is 10.4 Å². The Hall–Kier alpha value is -1.56. The van der Waals surface area contributed by atoms with Gasteiger partial charge in [-0.2, -0.15) is 4.39 Å². The first kappa shape index (κ1) is 17.5. The zero-order chi connectivity index (χ0) is 16.4. The number of hydrogen-bond acceptors (Lipinski definition) is 7. The zero-order valence-electron chi connectivity index (χ0n) is 10.5. The molecule has 0 aromatic carbocycles.